The Hall–Kier alpha value is -0.970. The molecular formula is C14H8Cl4O3. The molecule has 3 nitrogen and oxygen atoms in total. The van der Waals surface area contributed by atoms with E-state index in [2.05, 4.69) is 0 Å². The van der Waals surface area contributed by atoms with Gasteiger partial charge < -0.3 is 10.2 Å². The molecular weight excluding hydrogens is 358 g/mol. The minimum Gasteiger partial charge on any atom is -0.479 e. The van der Waals surface area contributed by atoms with Crippen molar-refractivity contribution in [3.63, 3.8) is 0 Å². The first-order chi connectivity index (χ1) is 9.81. The highest BCUT2D eigenvalue weighted by Gasteiger charge is 2.20. The number of carboxylic acids is 1. The standard InChI is InChI=1S/C14H8Cl4O3/c15-7-4-8(12(18)11(17)5-7)6-1-2-10(16)9(3-6)13(19)14(20)21/h1-5,13,19H,(H,20,21). The van der Waals surface area contributed by atoms with Crippen LogP contribution in [0.3, 0.4) is 0 Å². The van der Waals surface area contributed by atoms with Gasteiger partial charge in [-0.25, -0.2) is 4.79 Å². The first-order valence-electron chi connectivity index (χ1n) is 5.66. The Balaban J connectivity index is 2.61. The minimum atomic E-state index is -1.73. The normalized spacial score (nSPS) is 12.2. The van der Waals surface area contributed by atoms with Crippen molar-refractivity contribution in [3.05, 3.63) is 56.0 Å². The second-order valence-corrected chi connectivity index (χ2v) is 5.86. The van der Waals surface area contributed by atoms with Gasteiger partial charge in [-0.05, 0) is 29.8 Å². The third kappa shape index (κ3) is 3.44. The third-order valence-corrected chi connectivity index (χ3v) is 4.19. The van der Waals surface area contributed by atoms with E-state index < -0.39 is 12.1 Å². The van der Waals surface area contributed by atoms with Gasteiger partial charge in [0.25, 0.3) is 0 Å². The maximum atomic E-state index is 10.9. The fourth-order valence-electron chi connectivity index (χ4n) is 1.82. The van der Waals surface area contributed by atoms with E-state index in [0.29, 0.717) is 16.1 Å². The van der Waals surface area contributed by atoms with Gasteiger partial charge in [0, 0.05) is 21.2 Å². The van der Waals surface area contributed by atoms with Crippen molar-refractivity contribution in [3.8, 4) is 11.1 Å². The predicted molar refractivity (Wildman–Crippen MR) is 84.5 cm³/mol. The molecule has 0 spiro atoms. The Labute approximate surface area is 140 Å². The van der Waals surface area contributed by atoms with Crippen LogP contribution in [0.4, 0.5) is 0 Å². The van der Waals surface area contributed by atoms with Crippen LogP contribution in [0.2, 0.25) is 20.1 Å². The van der Waals surface area contributed by atoms with E-state index in [1.54, 1.807) is 12.1 Å². The number of rotatable bonds is 3. The number of carbonyl (C=O) groups is 1. The van der Waals surface area contributed by atoms with E-state index in [1.807, 2.05) is 0 Å². The van der Waals surface area contributed by atoms with E-state index in [-0.39, 0.29) is 20.6 Å². The summed E-state index contributed by atoms with van der Waals surface area (Å²) in [7, 11) is 0. The van der Waals surface area contributed by atoms with E-state index in [9.17, 15) is 9.90 Å². The molecule has 0 fully saturated rings. The zero-order valence-corrected chi connectivity index (χ0v) is 13.3. The molecule has 0 radical (unpaired) electrons. The number of benzene rings is 2. The zero-order chi connectivity index (χ0) is 15.7. The average Bonchev–Trinajstić information content (AvgIpc) is 2.42. The molecule has 7 heteroatoms. The summed E-state index contributed by atoms with van der Waals surface area (Å²) < 4.78 is 0. The van der Waals surface area contributed by atoms with Gasteiger partial charge in [0.15, 0.2) is 6.10 Å². The Bertz CT molecular complexity index is 716. The van der Waals surface area contributed by atoms with Crippen LogP contribution < -0.4 is 0 Å². The summed E-state index contributed by atoms with van der Waals surface area (Å²) in [5.74, 6) is -1.40. The molecule has 0 aliphatic carbocycles. The fraction of sp³-hybridized carbons (Fsp3) is 0.0714. The predicted octanol–water partition coefficient (Wildman–Crippen LogP) is 5.09. The lowest BCUT2D eigenvalue weighted by Gasteiger charge is -2.12. The van der Waals surface area contributed by atoms with Crippen LogP contribution in [0.25, 0.3) is 11.1 Å². The number of carboxylic acid groups (broad SMARTS) is 1. The molecule has 2 rings (SSSR count). The number of aliphatic hydroxyl groups is 1. The summed E-state index contributed by atoms with van der Waals surface area (Å²) >= 11 is 24.0. The smallest absolute Gasteiger partial charge is 0.337 e. The molecule has 1 atom stereocenters. The van der Waals surface area contributed by atoms with Gasteiger partial charge >= 0.3 is 5.97 Å². The van der Waals surface area contributed by atoms with Crippen molar-refractivity contribution < 1.29 is 15.0 Å². The van der Waals surface area contributed by atoms with Crippen molar-refractivity contribution in [1.82, 2.24) is 0 Å². The van der Waals surface area contributed by atoms with Crippen LogP contribution in [0.5, 0.6) is 0 Å². The Morgan fingerprint density at radius 3 is 2.29 bits per heavy atom. The summed E-state index contributed by atoms with van der Waals surface area (Å²) in [6.07, 6.45) is -1.73. The molecule has 0 aliphatic heterocycles. The summed E-state index contributed by atoms with van der Waals surface area (Å²) in [6, 6.07) is 7.64. The molecule has 2 aromatic carbocycles. The molecule has 0 bridgehead atoms. The summed E-state index contributed by atoms with van der Waals surface area (Å²) in [4.78, 5) is 10.9. The summed E-state index contributed by atoms with van der Waals surface area (Å²) in [5.41, 5.74) is 1.13. The first kappa shape index (κ1) is 16.4. The topological polar surface area (TPSA) is 57.5 Å². The molecule has 0 amide bonds. The molecule has 0 aromatic heterocycles. The quantitative estimate of drug-likeness (QED) is 0.745. The lowest BCUT2D eigenvalue weighted by atomic mass is 10.0. The lowest BCUT2D eigenvalue weighted by Crippen LogP contribution is -2.11. The SMILES string of the molecule is O=C(O)C(O)c1cc(-c2cc(Cl)cc(Cl)c2Cl)ccc1Cl. The summed E-state index contributed by atoms with van der Waals surface area (Å²) in [6.45, 7) is 0. The molecule has 2 N–H and O–H groups in total. The van der Waals surface area contributed by atoms with Gasteiger partial charge in [0.05, 0.1) is 10.0 Å². The average molecular weight is 366 g/mol. The van der Waals surface area contributed by atoms with Gasteiger partial charge in [0.1, 0.15) is 0 Å². The van der Waals surface area contributed by atoms with Gasteiger partial charge in [-0.2, -0.15) is 0 Å². The fourth-order valence-corrected chi connectivity index (χ4v) is 2.75. The lowest BCUT2D eigenvalue weighted by molar-refractivity contribution is -0.146. The molecule has 110 valence electrons. The maximum Gasteiger partial charge on any atom is 0.337 e. The second kappa shape index (κ2) is 6.42. The van der Waals surface area contributed by atoms with Crippen LogP contribution in [0.1, 0.15) is 11.7 Å². The van der Waals surface area contributed by atoms with Crippen molar-refractivity contribution >= 4 is 52.4 Å². The Morgan fingerprint density at radius 1 is 1.00 bits per heavy atom. The largest absolute Gasteiger partial charge is 0.479 e. The third-order valence-electron chi connectivity index (χ3n) is 2.83. The molecule has 0 saturated heterocycles. The van der Waals surface area contributed by atoms with Crippen molar-refractivity contribution in [2.24, 2.45) is 0 Å². The zero-order valence-electron chi connectivity index (χ0n) is 10.3. The highest BCUT2D eigenvalue weighted by atomic mass is 35.5. The summed E-state index contributed by atoms with van der Waals surface area (Å²) in [5, 5.41) is 19.6. The molecule has 21 heavy (non-hydrogen) atoms. The Morgan fingerprint density at radius 2 is 1.67 bits per heavy atom. The monoisotopic (exact) mass is 364 g/mol. The number of hydrogen-bond acceptors (Lipinski definition) is 2. The van der Waals surface area contributed by atoms with E-state index in [4.69, 9.17) is 51.5 Å². The van der Waals surface area contributed by atoms with Crippen molar-refractivity contribution in [1.29, 1.82) is 0 Å². The number of halogens is 4. The maximum absolute atomic E-state index is 10.9. The molecule has 2 aromatic rings. The van der Waals surface area contributed by atoms with Crippen LogP contribution in [-0.4, -0.2) is 16.2 Å². The second-order valence-electron chi connectivity index (χ2n) is 4.23. The minimum absolute atomic E-state index is 0.0637. The molecule has 0 heterocycles. The number of aliphatic carboxylic acids is 1. The molecule has 0 aliphatic rings. The van der Waals surface area contributed by atoms with Crippen LogP contribution in [0.15, 0.2) is 30.3 Å². The van der Waals surface area contributed by atoms with Crippen molar-refractivity contribution in [2.45, 2.75) is 6.10 Å². The van der Waals surface area contributed by atoms with E-state index >= 15 is 0 Å². The van der Waals surface area contributed by atoms with Gasteiger partial charge in [-0.3, -0.25) is 0 Å². The first-order valence-corrected chi connectivity index (χ1v) is 7.17. The van der Waals surface area contributed by atoms with E-state index in [0.717, 1.165) is 0 Å². The highest BCUT2D eigenvalue weighted by molar-refractivity contribution is 6.45. The van der Waals surface area contributed by atoms with Crippen LogP contribution in [-0.2, 0) is 4.79 Å². The molecule has 0 saturated carbocycles. The van der Waals surface area contributed by atoms with Crippen molar-refractivity contribution in [2.75, 3.05) is 0 Å². The van der Waals surface area contributed by atoms with Gasteiger partial charge in [0.2, 0.25) is 0 Å². The molecule has 1 unspecified atom stereocenters. The Kier molecular flexibility index (Phi) is 5.02. The number of hydrogen-bond donors (Lipinski definition) is 2. The van der Waals surface area contributed by atoms with Crippen LogP contribution in [0, 0.1) is 0 Å². The highest BCUT2D eigenvalue weighted by Crippen LogP contribution is 2.38. The number of aliphatic hydroxyl groups excluding tert-OH is 1. The van der Waals surface area contributed by atoms with E-state index in [1.165, 1.54) is 18.2 Å². The van der Waals surface area contributed by atoms with Gasteiger partial charge in [-0.1, -0.05) is 52.5 Å². The van der Waals surface area contributed by atoms with Crippen LogP contribution >= 0.6 is 46.4 Å². The van der Waals surface area contributed by atoms with Gasteiger partial charge in [-0.15, -0.1) is 0 Å².